The lowest BCUT2D eigenvalue weighted by Gasteiger charge is -2.33. The molecule has 46 valence electrons. The smallest absolute Gasteiger partial charge is 0.105 e. The molecule has 0 amide bonds. The van der Waals surface area contributed by atoms with Gasteiger partial charge >= 0.3 is 0 Å². The first kappa shape index (κ1) is 4.74. The predicted molar refractivity (Wildman–Crippen MR) is 29.4 cm³/mol. The molecule has 2 aliphatic rings. The molecule has 0 aromatic carbocycles. The number of alkyl halides is 1. The van der Waals surface area contributed by atoms with E-state index in [0.29, 0.717) is 11.8 Å². The molecule has 1 saturated heterocycles. The molecule has 2 rings (SSSR count). The van der Waals surface area contributed by atoms with Gasteiger partial charge in [-0.3, -0.25) is 0 Å². The van der Waals surface area contributed by atoms with E-state index in [9.17, 15) is 4.39 Å². The first-order valence-corrected chi connectivity index (χ1v) is 3.22. The third kappa shape index (κ3) is 0.440. The second-order valence-corrected chi connectivity index (χ2v) is 2.83. The summed E-state index contributed by atoms with van der Waals surface area (Å²) in [6.45, 7) is 1.98. The normalized spacial score (nSPS) is 52.9. The van der Waals surface area contributed by atoms with E-state index in [2.05, 4.69) is 5.32 Å². The summed E-state index contributed by atoms with van der Waals surface area (Å²) in [7, 11) is 0. The van der Waals surface area contributed by atoms with Crippen molar-refractivity contribution in [2.75, 3.05) is 13.1 Å². The summed E-state index contributed by atoms with van der Waals surface area (Å²) in [5.41, 5.74) is 0. The lowest BCUT2D eigenvalue weighted by Crippen LogP contribution is -2.36. The molecule has 1 aliphatic carbocycles. The predicted octanol–water partition coefficient (Wildman–Crippen LogP) is 0.564. The molecule has 2 heteroatoms. The molecule has 1 saturated carbocycles. The average Bonchev–Trinajstić information content (AvgIpc) is 2.09. The van der Waals surface area contributed by atoms with Crippen LogP contribution < -0.4 is 5.32 Å². The van der Waals surface area contributed by atoms with E-state index in [1.54, 1.807) is 0 Å². The molecule has 1 nitrogen and oxygen atoms in total. The van der Waals surface area contributed by atoms with Crippen molar-refractivity contribution in [2.45, 2.75) is 12.6 Å². The van der Waals surface area contributed by atoms with E-state index >= 15 is 0 Å². The number of rotatable bonds is 0. The van der Waals surface area contributed by atoms with Crippen LogP contribution in [0, 0.1) is 11.8 Å². The van der Waals surface area contributed by atoms with Gasteiger partial charge in [-0.15, -0.1) is 0 Å². The van der Waals surface area contributed by atoms with Gasteiger partial charge in [-0.25, -0.2) is 4.39 Å². The summed E-state index contributed by atoms with van der Waals surface area (Å²) in [4.78, 5) is 0. The van der Waals surface area contributed by atoms with Gasteiger partial charge in [-0.1, -0.05) is 0 Å². The van der Waals surface area contributed by atoms with Gasteiger partial charge in [0.25, 0.3) is 0 Å². The van der Waals surface area contributed by atoms with Crippen LogP contribution in [0.5, 0.6) is 0 Å². The van der Waals surface area contributed by atoms with E-state index in [0.717, 1.165) is 19.5 Å². The van der Waals surface area contributed by atoms with Crippen LogP contribution in [0.4, 0.5) is 4.39 Å². The summed E-state index contributed by atoms with van der Waals surface area (Å²) in [5.74, 6) is 1.07. The van der Waals surface area contributed by atoms with Crippen molar-refractivity contribution in [1.29, 1.82) is 0 Å². The Balaban J connectivity index is 2.02. The highest BCUT2D eigenvalue weighted by atomic mass is 19.1. The Morgan fingerprint density at radius 3 is 2.75 bits per heavy atom. The fourth-order valence-electron chi connectivity index (χ4n) is 1.70. The number of hydrogen-bond donors (Lipinski definition) is 1. The third-order valence-electron chi connectivity index (χ3n) is 2.38. The maximum atomic E-state index is 12.4. The van der Waals surface area contributed by atoms with Crippen LogP contribution in [0.15, 0.2) is 0 Å². The van der Waals surface area contributed by atoms with Crippen molar-refractivity contribution in [2.24, 2.45) is 11.8 Å². The van der Waals surface area contributed by atoms with Gasteiger partial charge in [0, 0.05) is 12.5 Å². The second kappa shape index (κ2) is 1.44. The topological polar surface area (TPSA) is 12.0 Å². The van der Waals surface area contributed by atoms with Crippen molar-refractivity contribution in [3.8, 4) is 0 Å². The Morgan fingerprint density at radius 1 is 1.38 bits per heavy atom. The number of halogens is 1. The summed E-state index contributed by atoms with van der Waals surface area (Å²) >= 11 is 0. The second-order valence-electron chi connectivity index (χ2n) is 2.83. The number of fused-ring (bicyclic) bond motifs is 1. The molecule has 0 aromatic rings. The lowest BCUT2D eigenvalue weighted by molar-refractivity contribution is 0.0733. The Bertz CT molecular complexity index is 105. The minimum absolute atomic E-state index is 0.384. The fourth-order valence-corrected chi connectivity index (χ4v) is 1.70. The van der Waals surface area contributed by atoms with Crippen molar-refractivity contribution in [3.05, 3.63) is 0 Å². The molecule has 1 heterocycles. The van der Waals surface area contributed by atoms with Gasteiger partial charge in [-0.2, -0.15) is 0 Å². The SMILES string of the molecule is FC1C[C@@H]2CNC[C@H]12. The monoisotopic (exact) mass is 115 g/mol. The zero-order valence-corrected chi connectivity index (χ0v) is 4.73. The van der Waals surface area contributed by atoms with Crippen LogP contribution in [0.3, 0.4) is 0 Å². The van der Waals surface area contributed by atoms with Gasteiger partial charge < -0.3 is 5.32 Å². The van der Waals surface area contributed by atoms with Crippen LogP contribution in [-0.2, 0) is 0 Å². The largest absolute Gasteiger partial charge is 0.316 e. The molecular formula is C6H10FN. The average molecular weight is 115 g/mol. The Kier molecular flexibility index (Phi) is 0.852. The summed E-state index contributed by atoms with van der Waals surface area (Å²) < 4.78 is 12.4. The lowest BCUT2D eigenvalue weighted by atomic mass is 9.75. The number of nitrogens with one attached hydrogen (secondary N) is 1. The van der Waals surface area contributed by atoms with Gasteiger partial charge in [0.2, 0.25) is 0 Å². The molecule has 1 aliphatic heterocycles. The van der Waals surface area contributed by atoms with Crippen molar-refractivity contribution < 1.29 is 4.39 Å². The van der Waals surface area contributed by atoms with Gasteiger partial charge in [-0.05, 0) is 18.9 Å². The third-order valence-corrected chi connectivity index (χ3v) is 2.38. The maximum Gasteiger partial charge on any atom is 0.105 e. The highest BCUT2D eigenvalue weighted by Gasteiger charge is 2.43. The summed E-state index contributed by atoms with van der Waals surface area (Å²) in [6.07, 6.45) is 0.340. The van der Waals surface area contributed by atoms with E-state index in [1.165, 1.54) is 0 Å². The quantitative estimate of drug-likeness (QED) is 0.486. The Morgan fingerprint density at radius 2 is 2.25 bits per heavy atom. The number of hydrogen-bond acceptors (Lipinski definition) is 1. The molecule has 0 bridgehead atoms. The van der Waals surface area contributed by atoms with Gasteiger partial charge in [0.05, 0.1) is 0 Å². The van der Waals surface area contributed by atoms with Crippen LogP contribution in [0.1, 0.15) is 6.42 Å². The van der Waals surface area contributed by atoms with E-state index < -0.39 is 6.17 Å². The Hall–Kier alpha value is -0.110. The molecule has 0 spiro atoms. The fraction of sp³-hybridized carbons (Fsp3) is 1.00. The minimum Gasteiger partial charge on any atom is -0.316 e. The molecule has 0 aromatic heterocycles. The molecule has 2 fully saturated rings. The first-order valence-electron chi connectivity index (χ1n) is 3.22. The molecule has 0 radical (unpaired) electrons. The van der Waals surface area contributed by atoms with Crippen molar-refractivity contribution in [3.63, 3.8) is 0 Å². The highest BCUT2D eigenvalue weighted by Crippen LogP contribution is 2.39. The molecule has 3 atom stereocenters. The zero-order valence-electron chi connectivity index (χ0n) is 4.73. The van der Waals surface area contributed by atoms with E-state index in [4.69, 9.17) is 0 Å². The van der Waals surface area contributed by atoms with E-state index in [-0.39, 0.29) is 0 Å². The van der Waals surface area contributed by atoms with Crippen LogP contribution >= 0.6 is 0 Å². The molecule has 1 N–H and O–H groups in total. The van der Waals surface area contributed by atoms with Gasteiger partial charge in [0.1, 0.15) is 6.17 Å². The van der Waals surface area contributed by atoms with E-state index in [1.807, 2.05) is 0 Å². The van der Waals surface area contributed by atoms with Crippen molar-refractivity contribution >= 4 is 0 Å². The maximum absolute atomic E-state index is 12.4. The summed E-state index contributed by atoms with van der Waals surface area (Å²) in [6, 6.07) is 0. The van der Waals surface area contributed by atoms with Crippen LogP contribution in [0.25, 0.3) is 0 Å². The zero-order chi connectivity index (χ0) is 5.56. The molecule has 1 unspecified atom stereocenters. The Labute approximate surface area is 48.3 Å². The van der Waals surface area contributed by atoms with Crippen LogP contribution in [0.2, 0.25) is 0 Å². The standard InChI is InChI=1S/C6H10FN/c7-6-1-4-2-8-3-5(4)6/h4-6,8H,1-3H2/t4-,5+,6?/m1/s1. The first-order chi connectivity index (χ1) is 3.88. The molecule has 8 heavy (non-hydrogen) atoms. The van der Waals surface area contributed by atoms with Crippen molar-refractivity contribution in [1.82, 2.24) is 5.32 Å². The minimum atomic E-state index is -0.477. The summed E-state index contributed by atoms with van der Waals surface area (Å²) in [5, 5.41) is 3.17. The van der Waals surface area contributed by atoms with Crippen LogP contribution in [-0.4, -0.2) is 19.3 Å². The molecular weight excluding hydrogens is 105 g/mol. The van der Waals surface area contributed by atoms with Gasteiger partial charge in [0.15, 0.2) is 0 Å². The highest BCUT2D eigenvalue weighted by molar-refractivity contribution is 4.96.